The Balaban J connectivity index is 0.000000309. The molecule has 0 aliphatic carbocycles. The number of rotatable bonds is 2. The fraction of sp³-hybridized carbons (Fsp3) is 0.118. The third-order valence-electron chi connectivity index (χ3n) is 3.29. The molecule has 0 amide bonds. The number of benzene rings is 3. The first-order valence-electron chi connectivity index (χ1n) is 6.96. The molecule has 3 rings (SSSR count). The van der Waals surface area contributed by atoms with E-state index in [0.717, 1.165) is 27.6 Å². The Morgan fingerprint density at radius 1 is 1.00 bits per heavy atom. The normalized spacial score (nSPS) is 10.5. The van der Waals surface area contributed by atoms with E-state index < -0.39 is 13.4 Å². The van der Waals surface area contributed by atoms with Gasteiger partial charge in [-0.15, -0.1) is 0 Å². The molecule has 3 aromatic rings. The molecule has 0 aliphatic heterocycles. The van der Waals surface area contributed by atoms with Gasteiger partial charge in [0.15, 0.2) is 0 Å². The van der Waals surface area contributed by atoms with Gasteiger partial charge in [-0.25, -0.2) is 4.79 Å². The van der Waals surface area contributed by atoms with Crippen LogP contribution in [0, 0.1) is 0 Å². The number of fused-ring (bicyclic) bond motifs is 2. The van der Waals surface area contributed by atoms with Crippen LogP contribution in [0.4, 0.5) is 0 Å². The van der Waals surface area contributed by atoms with Gasteiger partial charge in [0.2, 0.25) is 7.42 Å². The lowest BCUT2D eigenvalue weighted by Crippen LogP contribution is -1.99. The Kier molecular flexibility index (Phi) is 5.83. The van der Waals surface area contributed by atoms with Crippen LogP contribution in [0.25, 0.3) is 21.5 Å². The third-order valence-corrected chi connectivity index (χ3v) is 5.76. The molecule has 0 atom stereocenters. The Hall–Kier alpha value is -1.55. The molecular weight excluding hydrogens is 335 g/mol. The van der Waals surface area contributed by atoms with Crippen LogP contribution >= 0.6 is 22.2 Å². The molecule has 0 saturated carbocycles. The van der Waals surface area contributed by atoms with Gasteiger partial charge in [0.25, 0.3) is 0 Å². The average Bonchev–Trinajstić information content (AvgIpc) is 2.52. The highest BCUT2D eigenvalue weighted by atomic mass is 35.7. The standard InChI is InChI=1S/C15H10O2.C2H6Cl2Si/c16-15(17)14-12-7-3-1-5-10(12)9-11-6-2-4-8-13(11)14;1-2-5(3)4/h1-9H,(H,16,17);5H,2H2,1H3. The molecule has 0 fully saturated rings. The number of carboxylic acid groups (broad SMARTS) is 1. The number of aromatic carboxylic acids is 1. The number of hydrogen-bond acceptors (Lipinski definition) is 1. The van der Waals surface area contributed by atoms with E-state index >= 15 is 0 Å². The van der Waals surface area contributed by atoms with Gasteiger partial charge in [-0.1, -0.05) is 55.5 Å². The van der Waals surface area contributed by atoms with E-state index in [1.165, 1.54) is 0 Å². The molecule has 0 heterocycles. The molecule has 1 N–H and O–H groups in total. The smallest absolute Gasteiger partial charge is 0.336 e. The molecule has 0 unspecified atom stereocenters. The van der Waals surface area contributed by atoms with Crippen molar-refractivity contribution in [1.82, 2.24) is 0 Å². The van der Waals surface area contributed by atoms with Crippen molar-refractivity contribution in [2.45, 2.75) is 13.0 Å². The largest absolute Gasteiger partial charge is 0.478 e. The lowest BCUT2D eigenvalue weighted by molar-refractivity contribution is 0.0701. The maximum atomic E-state index is 11.4. The molecule has 22 heavy (non-hydrogen) atoms. The van der Waals surface area contributed by atoms with E-state index in [9.17, 15) is 9.90 Å². The molecule has 114 valence electrons. The summed E-state index contributed by atoms with van der Waals surface area (Å²) in [5.41, 5.74) is 0.388. The second-order valence-corrected chi connectivity index (χ2v) is 10.2. The first-order chi connectivity index (χ1) is 10.5. The van der Waals surface area contributed by atoms with Crippen molar-refractivity contribution in [3.63, 3.8) is 0 Å². The molecule has 0 aliphatic rings. The number of carbonyl (C=O) groups is 1. The van der Waals surface area contributed by atoms with Crippen LogP contribution in [0.1, 0.15) is 17.3 Å². The van der Waals surface area contributed by atoms with Crippen molar-refractivity contribution in [3.05, 3.63) is 60.2 Å². The molecular formula is C17H16Cl2O2Si. The van der Waals surface area contributed by atoms with Crippen LogP contribution in [-0.2, 0) is 0 Å². The van der Waals surface area contributed by atoms with Crippen molar-refractivity contribution in [1.29, 1.82) is 0 Å². The predicted molar refractivity (Wildman–Crippen MR) is 97.7 cm³/mol. The van der Waals surface area contributed by atoms with Gasteiger partial charge >= 0.3 is 5.97 Å². The summed E-state index contributed by atoms with van der Waals surface area (Å²) < 4.78 is 0. The van der Waals surface area contributed by atoms with E-state index in [2.05, 4.69) is 0 Å². The maximum Gasteiger partial charge on any atom is 0.336 e. The van der Waals surface area contributed by atoms with Crippen molar-refractivity contribution in [3.8, 4) is 0 Å². The van der Waals surface area contributed by atoms with Crippen LogP contribution in [0.5, 0.6) is 0 Å². The van der Waals surface area contributed by atoms with E-state index in [1.54, 1.807) is 0 Å². The first kappa shape index (κ1) is 16.8. The summed E-state index contributed by atoms with van der Waals surface area (Å²) in [5, 5.41) is 12.9. The quantitative estimate of drug-likeness (QED) is 0.381. The van der Waals surface area contributed by atoms with Gasteiger partial charge in [-0.3, -0.25) is 0 Å². The minimum absolute atomic E-state index is 0.388. The third kappa shape index (κ3) is 3.80. The minimum atomic E-state index is -1.21. The fourth-order valence-corrected chi connectivity index (χ4v) is 2.24. The summed E-state index contributed by atoms with van der Waals surface area (Å²) in [5.74, 6) is -0.877. The summed E-state index contributed by atoms with van der Waals surface area (Å²) in [6.45, 7) is 2.00. The summed E-state index contributed by atoms with van der Waals surface area (Å²) in [6.07, 6.45) is 0. The second kappa shape index (κ2) is 7.63. The molecule has 3 aromatic carbocycles. The van der Waals surface area contributed by atoms with E-state index in [0.29, 0.717) is 5.56 Å². The predicted octanol–water partition coefficient (Wildman–Crippen LogP) is 5.40. The SMILES string of the molecule is CC[SiH](Cl)Cl.O=C(O)c1c2ccccc2cc2ccccc12. The Morgan fingerprint density at radius 2 is 1.41 bits per heavy atom. The van der Waals surface area contributed by atoms with Crippen LogP contribution in [0.3, 0.4) is 0 Å². The zero-order valence-corrected chi connectivity index (χ0v) is 14.8. The van der Waals surface area contributed by atoms with Gasteiger partial charge in [-0.05, 0) is 33.7 Å². The Bertz CT molecular complexity index is 749. The van der Waals surface area contributed by atoms with Crippen LogP contribution in [-0.4, -0.2) is 18.5 Å². The summed E-state index contributed by atoms with van der Waals surface area (Å²) in [7, 11) is -1.21. The van der Waals surface area contributed by atoms with E-state index in [1.807, 2.05) is 61.5 Å². The minimum Gasteiger partial charge on any atom is -0.478 e. The van der Waals surface area contributed by atoms with Gasteiger partial charge in [0.1, 0.15) is 0 Å². The second-order valence-electron chi connectivity index (χ2n) is 4.80. The Labute approximate surface area is 140 Å². The number of carboxylic acids is 1. The fourth-order valence-electron chi connectivity index (χ4n) is 2.24. The van der Waals surface area contributed by atoms with Crippen molar-refractivity contribution in [2.24, 2.45) is 0 Å². The van der Waals surface area contributed by atoms with Crippen LogP contribution in [0.2, 0.25) is 6.04 Å². The van der Waals surface area contributed by atoms with Gasteiger partial charge < -0.3 is 5.11 Å². The van der Waals surface area contributed by atoms with Gasteiger partial charge in [0.05, 0.1) is 5.56 Å². The molecule has 0 saturated heterocycles. The zero-order chi connectivity index (χ0) is 16.1. The first-order valence-corrected chi connectivity index (χ1v) is 11.3. The summed E-state index contributed by atoms with van der Waals surface area (Å²) in [4.78, 5) is 11.4. The van der Waals surface area contributed by atoms with E-state index in [4.69, 9.17) is 22.2 Å². The molecule has 0 radical (unpaired) electrons. The molecule has 0 bridgehead atoms. The highest BCUT2D eigenvalue weighted by Gasteiger charge is 2.12. The highest BCUT2D eigenvalue weighted by molar-refractivity contribution is 7.33. The Morgan fingerprint density at radius 3 is 1.77 bits per heavy atom. The summed E-state index contributed by atoms with van der Waals surface area (Å²) in [6, 6.07) is 18.2. The van der Waals surface area contributed by atoms with Crippen molar-refractivity contribution in [2.75, 3.05) is 0 Å². The maximum absolute atomic E-state index is 11.4. The van der Waals surface area contributed by atoms with Crippen molar-refractivity contribution < 1.29 is 9.90 Å². The lowest BCUT2D eigenvalue weighted by Gasteiger charge is -2.07. The van der Waals surface area contributed by atoms with Crippen LogP contribution in [0.15, 0.2) is 54.6 Å². The topological polar surface area (TPSA) is 37.3 Å². The van der Waals surface area contributed by atoms with Gasteiger partial charge in [-0.2, -0.15) is 22.2 Å². The number of halogens is 2. The molecule has 2 nitrogen and oxygen atoms in total. The van der Waals surface area contributed by atoms with Crippen LogP contribution < -0.4 is 0 Å². The summed E-state index contributed by atoms with van der Waals surface area (Å²) >= 11 is 10.7. The number of hydrogen-bond donors (Lipinski definition) is 1. The average molecular weight is 351 g/mol. The lowest BCUT2D eigenvalue weighted by atomic mass is 9.97. The highest BCUT2D eigenvalue weighted by Crippen LogP contribution is 2.28. The van der Waals surface area contributed by atoms with Gasteiger partial charge in [0, 0.05) is 0 Å². The molecule has 0 aromatic heterocycles. The van der Waals surface area contributed by atoms with E-state index in [-0.39, 0.29) is 0 Å². The van der Waals surface area contributed by atoms with Crippen molar-refractivity contribution >= 4 is 57.1 Å². The molecule has 0 spiro atoms. The molecule has 5 heteroatoms. The zero-order valence-electron chi connectivity index (χ0n) is 12.1. The monoisotopic (exact) mass is 350 g/mol.